The zero-order valence-electron chi connectivity index (χ0n) is 19.6. The first-order chi connectivity index (χ1) is 16.2. The Morgan fingerprint density at radius 1 is 0.971 bits per heavy atom. The number of Topliss-reactive ketones (excluding diaryl/α,β-unsaturated/α-hetero) is 1. The molecule has 174 valence electrons. The smallest absolute Gasteiger partial charge is 0.300 e. The molecule has 0 saturated carbocycles. The molecule has 0 spiro atoms. The highest BCUT2D eigenvalue weighted by atomic mass is 16.5. The Labute approximate surface area is 198 Å². The zero-order valence-corrected chi connectivity index (χ0v) is 19.6. The Hall–Kier alpha value is -4.06. The Balaban J connectivity index is 1.94. The number of anilines is 1. The highest BCUT2D eigenvalue weighted by molar-refractivity contribution is 6.51. The fraction of sp³-hybridized carbons (Fsp3) is 0.214. The minimum Gasteiger partial charge on any atom is -0.508 e. The number of ketones is 1. The Morgan fingerprint density at radius 3 is 2.32 bits per heavy atom. The number of phenols is 1. The summed E-state index contributed by atoms with van der Waals surface area (Å²) < 4.78 is 5.74. The predicted octanol–water partition coefficient (Wildman–Crippen LogP) is 5.42. The lowest BCUT2D eigenvalue weighted by Crippen LogP contribution is -2.30. The first kappa shape index (κ1) is 23.1. The maximum atomic E-state index is 13.3. The number of rotatable bonds is 5. The molecular formula is C28H27NO5. The number of aryl methyl sites for hydroxylation is 1. The van der Waals surface area contributed by atoms with Crippen LogP contribution in [0.15, 0.2) is 72.3 Å². The molecule has 1 amide bonds. The second kappa shape index (κ2) is 9.06. The molecule has 0 aromatic heterocycles. The van der Waals surface area contributed by atoms with Crippen LogP contribution in [0.2, 0.25) is 0 Å². The quantitative estimate of drug-likeness (QED) is 0.303. The van der Waals surface area contributed by atoms with E-state index in [4.69, 9.17) is 4.74 Å². The molecule has 1 aliphatic rings. The summed E-state index contributed by atoms with van der Waals surface area (Å²) in [6.45, 7) is 7.62. The molecule has 0 radical (unpaired) electrons. The van der Waals surface area contributed by atoms with Crippen LogP contribution >= 0.6 is 0 Å². The number of carbonyl (C=O) groups is 2. The van der Waals surface area contributed by atoms with Gasteiger partial charge in [-0.25, -0.2) is 0 Å². The van der Waals surface area contributed by atoms with Crippen molar-refractivity contribution < 1.29 is 24.5 Å². The number of carbonyl (C=O) groups excluding carboxylic acids is 2. The van der Waals surface area contributed by atoms with Gasteiger partial charge in [-0.3, -0.25) is 14.5 Å². The van der Waals surface area contributed by atoms with Gasteiger partial charge in [0.05, 0.1) is 17.7 Å². The van der Waals surface area contributed by atoms with Crippen molar-refractivity contribution in [2.24, 2.45) is 0 Å². The minimum absolute atomic E-state index is 0.0155. The number of nitrogens with zero attached hydrogens (tertiary/aromatic N) is 1. The number of phenolic OH excluding ortho intramolecular Hbond substituents is 1. The first-order valence-corrected chi connectivity index (χ1v) is 11.1. The molecule has 4 rings (SSSR count). The van der Waals surface area contributed by atoms with E-state index in [9.17, 15) is 19.8 Å². The lowest BCUT2D eigenvalue weighted by molar-refractivity contribution is -0.132. The number of aliphatic hydroxyl groups is 1. The van der Waals surface area contributed by atoms with Gasteiger partial charge in [0, 0.05) is 11.3 Å². The molecule has 0 aliphatic carbocycles. The van der Waals surface area contributed by atoms with Gasteiger partial charge in [-0.15, -0.1) is 0 Å². The lowest BCUT2D eigenvalue weighted by atomic mass is 9.94. The molecule has 1 fully saturated rings. The van der Waals surface area contributed by atoms with E-state index < -0.39 is 17.7 Å². The molecule has 6 heteroatoms. The zero-order chi connectivity index (χ0) is 24.6. The number of aliphatic hydroxyl groups excluding tert-OH is 1. The van der Waals surface area contributed by atoms with Gasteiger partial charge in [0.1, 0.15) is 17.3 Å². The summed E-state index contributed by atoms with van der Waals surface area (Å²) in [5.74, 6) is -1.16. The standard InChI is InChI=1S/C28H27NO5/c1-16(2)34-22-9-6-8-20(15-22)26(31)24-25(19-11-13-21(30)14-12-19)29(28(33)27(24)32)23-10-5-7-17(3)18(23)4/h5-16,25,30-31H,1-4H3/b26-24+. The summed E-state index contributed by atoms with van der Waals surface area (Å²) in [6.07, 6.45) is -0.0655. The van der Waals surface area contributed by atoms with Gasteiger partial charge < -0.3 is 14.9 Å². The predicted molar refractivity (Wildman–Crippen MR) is 131 cm³/mol. The van der Waals surface area contributed by atoms with Crippen LogP contribution in [0.3, 0.4) is 0 Å². The average molecular weight is 458 g/mol. The van der Waals surface area contributed by atoms with E-state index in [1.54, 1.807) is 42.5 Å². The summed E-state index contributed by atoms with van der Waals surface area (Å²) in [6, 6.07) is 17.8. The van der Waals surface area contributed by atoms with Crippen molar-refractivity contribution in [2.45, 2.75) is 39.8 Å². The summed E-state index contributed by atoms with van der Waals surface area (Å²) in [5, 5.41) is 21.1. The van der Waals surface area contributed by atoms with Gasteiger partial charge in [0.25, 0.3) is 11.7 Å². The second-order valence-electron chi connectivity index (χ2n) is 8.67. The molecule has 6 nitrogen and oxygen atoms in total. The van der Waals surface area contributed by atoms with Crippen LogP contribution in [0.1, 0.15) is 42.1 Å². The summed E-state index contributed by atoms with van der Waals surface area (Å²) in [4.78, 5) is 28.1. The summed E-state index contributed by atoms with van der Waals surface area (Å²) >= 11 is 0. The maximum absolute atomic E-state index is 13.3. The van der Waals surface area contributed by atoms with E-state index in [-0.39, 0.29) is 23.2 Å². The topological polar surface area (TPSA) is 87.1 Å². The molecule has 3 aromatic carbocycles. The Kier molecular flexibility index (Phi) is 6.16. The Bertz CT molecular complexity index is 1290. The first-order valence-electron chi connectivity index (χ1n) is 11.1. The molecule has 34 heavy (non-hydrogen) atoms. The van der Waals surface area contributed by atoms with Crippen molar-refractivity contribution >= 4 is 23.1 Å². The van der Waals surface area contributed by atoms with Crippen LogP contribution in [-0.2, 0) is 9.59 Å². The monoisotopic (exact) mass is 457 g/mol. The molecule has 3 aromatic rings. The van der Waals surface area contributed by atoms with Crippen molar-refractivity contribution in [3.8, 4) is 11.5 Å². The van der Waals surface area contributed by atoms with Gasteiger partial charge in [-0.05, 0) is 74.7 Å². The van der Waals surface area contributed by atoms with Crippen LogP contribution in [0.4, 0.5) is 5.69 Å². The molecule has 2 N–H and O–H groups in total. The van der Waals surface area contributed by atoms with E-state index in [2.05, 4.69) is 0 Å². The fourth-order valence-corrected chi connectivity index (χ4v) is 4.19. The minimum atomic E-state index is -0.865. The highest BCUT2D eigenvalue weighted by Gasteiger charge is 2.47. The third kappa shape index (κ3) is 4.15. The van der Waals surface area contributed by atoms with Gasteiger partial charge in [-0.1, -0.05) is 36.4 Å². The normalized spacial score (nSPS) is 17.4. The van der Waals surface area contributed by atoms with Crippen molar-refractivity contribution in [3.05, 3.63) is 94.6 Å². The van der Waals surface area contributed by atoms with Gasteiger partial charge >= 0.3 is 0 Å². The molecule has 1 heterocycles. The van der Waals surface area contributed by atoms with Gasteiger partial charge in [0.15, 0.2) is 0 Å². The molecule has 1 aliphatic heterocycles. The van der Waals surface area contributed by atoms with Crippen LogP contribution in [0, 0.1) is 13.8 Å². The summed E-state index contributed by atoms with van der Waals surface area (Å²) in [7, 11) is 0. The molecule has 1 atom stereocenters. The molecule has 1 unspecified atom stereocenters. The molecule has 1 saturated heterocycles. The summed E-state index contributed by atoms with van der Waals surface area (Å²) in [5.41, 5.74) is 3.38. The number of aromatic hydroxyl groups is 1. The molecular weight excluding hydrogens is 430 g/mol. The van der Waals surface area contributed by atoms with E-state index in [0.717, 1.165) is 11.1 Å². The molecule has 0 bridgehead atoms. The number of ether oxygens (including phenoxy) is 1. The largest absolute Gasteiger partial charge is 0.508 e. The van der Waals surface area contributed by atoms with Crippen molar-refractivity contribution in [3.63, 3.8) is 0 Å². The van der Waals surface area contributed by atoms with E-state index in [1.165, 1.54) is 17.0 Å². The lowest BCUT2D eigenvalue weighted by Gasteiger charge is -2.27. The van der Waals surface area contributed by atoms with E-state index in [0.29, 0.717) is 22.6 Å². The number of hydrogen-bond donors (Lipinski definition) is 2. The second-order valence-corrected chi connectivity index (χ2v) is 8.67. The number of benzene rings is 3. The van der Waals surface area contributed by atoms with Crippen LogP contribution in [0.25, 0.3) is 5.76 Å². The van der Waals surface area contributed by atoms with Crippen molar-refractivity contribution in [2.75, 3.05) is 4.90 Å². The van der Waals surface area contributed by atoms with E-state index in [1.807, 2.05) is 39.8 Å². The Morgan fingerprint density at radius 2 is 1.65 bits per heavy atom. The van der Waals surface area contributed by atoms with Crippen LogP contribution in [-0.4, -0.2) is 28.0 Å². The third-order valence-electron chi connectivity index (χ3n) is 5.97. The van der Waals surface area contributed by atoms with Crippen molar-refractivity contribution in [1.82, 2.24) is 0 Å². The maximum Gasteiger partial charge on any atom is 0.300 e. The van der Waals surface area contributed by atoms with Crippen LogP contribution in [0.5, 0.6) is 11.5 Å². The van der Waals surface area contributed by atoms with Gasteiger partial charge in [0.2, 0.25) is 0 Å². The van der Waals surface area contributed by atoms with Crippen LogP contribution < -0.4 is 9.64 Å². The van der Waals surface area contributed by atoms with Crippen molar-refractivity contribution in [1.29, 1.82) is 0 Å². The fourth-order valence-electron chi connectivity index (χ4n) is 4.19. The number of amides is 1. The highest BCUT2D eigenvalue weighted by Crippen LogP contribution is 2.43. The SMILES string of the molecule is Cc1cccc(N2C(=O)C(=O)/C(=C(/O)c3cccc(OC(C)C)c3)C2c2ccc(O)cc2)c1C. The number of hydrogen-bond acceptors (Lipinski definition) is 5. The average Bonchev–Trinajstić information content (AvgIpc) is 3.06. The van der Waals surface area contributed by atoms with Gasteiger partial charge in [-0.2, -0.15) is 0 Å². The third-order valence-corrected chi connectivity index (χ3v) is 5.97. The van der Waals surface area contributed by atoms with E-state index >= 15 is 0 Å².